The summed E-state index contributed by atoms with van der Waals surface area (Å²) >= 11 is 3.32. The number of alkyl halides is 1. The summed E-state index contributed by atoms with van der Waals surface area (Å²) in [6.07, 6.45) is 0.322. The van der Waals surface area contributed by atoms with Crippen LogP contribution in [0.3, 0.4) is 0 Å². The first kappa shape index (κ1) is 11.4. The van der Waals surface area contributed by atoms with Crippen LogP contribution in [-0.2, 0) is 9.47 Å². The molecule has 2 nitrogen and oxygen atoms in total. The first-order valence-electron chi connectivity index (χ1n) is 3.93. The molecule has 0 N–H and O–H groups in total. The molecule has 0 bridgehead atoms. The Morgan fingerprint density at radius 2 is 1.36 bits per heavy atom. The molecule has 11 heavy (non-hydrogen) atoms. The molecule has 0 aliphatic carbocycles. The molecular weight excluding hydrogens is 208 g/mol. The Balaban J connectivity index is 3.58. The van der Waals surface area contributed by atoms with Crippen molar-refractivity contribution in [3.05, 3.63) is 0 Å². The van der Waals surface area contributed by atoms with Crippen molar-refractivity contribution < 1.29 is 9.47 Å². The van der Waals surface area contributed by atoms with Crippen molar-refractivity contribution in [2.75, 3.05) is 5.33 Å². The van der Waals surface area contributed by atoms with Gasteiger partial charge in [-0.15, -0.1) is 0 Å². The van der Waals surface area contributed by atoms with Crippen molar-refractivity contribution in [3.63, 3.8) is 0 Å². The molecular formula is C8H17BrO2. The highest BCUT2D eigenvalue weighted by atomic mass is 79.9. The van der Waals surface area contributed by atoms with Crippen molar-refractivity contribution in [3.8, 4) is 0 Å². The van der Waals surface area contributed by atoms with Crippen LogP contribution in [-0.4, -0.2) is 23.8 Å². The Morgan fingerprint density at radius 3 is 1.55 bits per heavy atom. The van der Waals surface area contributed by atoms with Crippen molar-refractivity contribution in [2.45, 2.75) is 46.2 Å². The molecule has 0 heterocycles. The van der Waals surface area contributed by atoms with Gasteiger partial charge in [-0.2, -0.15) is 0 Å². The van der Waals surface area contributed by atoms with E-state index in [4.69, 9.17) is 9.47 Å². The second-order valence-corrected chi connectivity index (χ2v) is 3.60. The van der Waals surface area contributed by atoms with Gasteiger partial charge in [0, 0.05) is 0 Å². The summed E-state index contributed by atoms with van der Waals surface area (Å²) in [7, 11) is 0. The molecule has 0 aliphatic rings. The van der Waals surface area contributed by atoms with E-state index in [0.29, 0.717) is 0 Å². The maximum atomic E-state index is 5.44. The third kappa shape index (κ3) is 6.78. The van der Waals surface area contributed by atoms with Gasteiger partial charge in [-0.3, -0.25) is 0 Å². The fourth-order valence-electron chi connectivity index (χ4n) is 0.712. The molecule has 0 radical (unpaired) electrons. The highest BCUT2D eigenvalue weighted by Crippen LogP contribution is 2.06. The smallest absolute Gasteiger partial charge is 0.167 e. The van der Waals surface area contributed by atoms with E-state index in [1.54, 1.807) is 0 Å². The number of hydrogen-bond donors (Lipinski definition) is 0. The van der Waals surface area contributed by atoms with E-state index in [0.717, 1.165) is 5.33 Å². The summed E-state index contributed by atoms with van der Waals surface area (Å²) in [4.78, 5) is 0. The highest BCUT2D eigenvalue weighted by Gasteiger charge is 2.10. The molecule has 0 spiro atoms. The molecule has 0 fully saturated rings. The number of hydrogen-bond acceptors (Lipinski definition) is 2. The summed E-state index contributed by atoms with van der Waals surface area (Å²) < 4.78 is 10.9. The van der Waals surface area contributed by atoms with E-state index in [9.17, 15) is 0 Å². The lowest BCUT2D eigenvalue weighted by molar-refractivity contribution is -0.166. The minimum absolute atomic E-state index is 0.116. The number of halogens is 1. The van der Waals surface area contributed by atoms with Crippen LogP contribution in [0.2, 0.25) is 0 Å². The number of ether oxygens (including phenoxy) is 2. The van der Waals surface area contributed by atoms with Crippen LogP contribution < -0.4 is 0 Å². The van der Waals surface area contributed by atoms with E-state index in [1.807, 2.05) is 27.7 Å². The molecule has 0 aromatic carbocycles. The quantitative estimate of drug-likeness (QED) is 0.528. The zero-order valence-corrected chi connectivity index (χ0v) is 9.22. The van der Waals surface area contributed by atoms with Crippen molar-refractivity contribution in [1.82, 2.24) is 0 Å². The van der Waals surface area contributed by atoms with Gasteiger partial charge >= 0.3 is 0 Å². The maximum absolute atomic E-state index is 5.44. The standard InChI is InChI=1S/C8H17BrO2/c1-6(2)10-8(5-9)11-7(3)4/h6-8H,5H2,1-4H3. The van der Waals surface area contributed by atoms with Crippen molar-refractivity contribution >= 4 is 15.9 Å². The van der Waals surface area contributed by atoms with E-state index in [1.165, 1.54) is 0 Å². The van der Waals surface area contributed by atoms with Gasteiger partial charge in [0.25, 0.3) is 0 Å². The first-order chi connectivity index (χ1) is 5.06. The maximum Gasteiger partial charge on any atom is 0.167 e. The van der Waals surface area contributed by atoms with Crippen LogP contribution in [0.25, 0.3) is 0 Å². The normalized spacial score (nSPS) is 12.0. The van der Waals surface area contributed by atoms with Crippen molar-refractivity contribution in [2.24, 2.45) is 0 Å². The molecule has 0 unspecified atom stereocenters. The summed E-state index contributed by atoms with van der Waals surface area (Å²) in [6.45, 7) is 8.00. The Kier molecular flexibility index (Phi) is 6.19. The van der Waals surface area contributed by atoms with Gasteiger partial charge in [0.2, 0.25) is 0 Å². The summed E-state index contributed by atoms with van der Waals surface area (Å²) in [5.74, 6) is 0. The zero-order chi connectivity index (χ0) is 8.85. The topological polar surface area (TPSA) is 18.5 Å². The fourth-order valence-corrected chi connectivity index (χ4v) is 1.02. The van der Waals surface area contributed by atoms with Crippen LogP contribution in [0.1, 0.15) is 27.7 Å². The first-order valence-corrected chi connectivity index (χ1v) is 5.05. The third-order valence-electron chi connectivity index (χ3n) is 0.974. The second kappa shape index (κ2) is 5.98. The molecule has 0 aliphatic heterocycles. The average Bonchev–Trinajstić information content (AvgIpc) is 1.84. The molecule has 0 aromatic heterocycles. The molecule has 0 saturated carbocycles. The Morgan fingerprint density at radius 1 is 1.00 bits per heavy atom. The Bertz CT molecular complexity index is 84.1. The SMILES string of the molecule is CC(C)OC(CBr)OC(C)C. The van der Waals surface area contributed by atoms with Gasteiger partial charge in [-0.25, -0.2) is 0 Å². The van der Waals surface area contributed by atoms with E-state index in [2.05, 4.69) is 15.9 Å². The predicted octanol–water partition coefficient (Wildman–Crippen LogP) is 2.56. The van der Waals surface area contributed by atoms with Crippen LogP contribution in [0.15, 0.2) is 0 Å². The van der Waals surface area contributed by atoms with E-state index < -0.39 is 0 Å². The molecule has 3 heteroatoms. The van der Waals surface area contributed by atoms with Gasteiger partial charge in [0.1, 0.15) is 0 Å². The van der Waals surface area contributed by atoms with Crippen LogP contribution in [0, 0.1) is 0 Å². The highest BCUT2D eigenvalue weighted by molar-refractivity contribution is 9.09. The number of rotatable bonds is 5. The zero-order valence-electron chi connectivity index (χ0n) is 7.63. The van der Waals surface area contributed by atoms with Crippen LogP contribution >= 0.6 is 15.9 Å². The molecule has 0 rings (SSSR count). The summed E-state index contributed by atoms with van der Waals surface area (Å²) in [5.41, 5.74) is 0. The lowest BCUT2D eigenvalue weighted by Crippen LogP contribution is -2.25. The fraction of sp³-hybridized carbons (Fsp3) is 1.00. The van der Waals surface area contributed by atoms with Gasteiger partial charge in [0.05, 0.1) is 17.5 Å². The largest absolute Gasteiger partial charge is 0.349 e. The molecule has 0 saturated heterocycles. The monoisotopic (exact) mass is 224 g/mol. The summed E-state index contributed by atoms with van der Waals surface area (Å²) in [5, 5.41) is 0.726. The van der Waals surface area contributed by atoms with Gasteiger partial charge in [0.15, 0.2) is 6.29 Å². The summed E-state index contributed by atoms with van der Waals surface area (Å²) in [6, 6.07) is 0. The van der Waals surface area contributed by atoms with E-state index in [-0.39, 0.29) is 18.5 Å². The minimum atomic E-state index is -0.116. The van der Waals surface area contributed by atoms with Crippen molar-refractivity contribution in [1.29, 1.82) is 0 Å². The molecule has 68 valence electrons. The average molecular weight is 225 g/mol. The third-order valence-corrected chi connectivity index (χ3v) is 1.50. The Labute approximate surface area is 77.4 Å². The molecule has 0 amide bonds. The predicted molar refractivity (Wildman–Crippen MR) is 50.0 cm³/mol. The minimum Gasteiger partial charge on any atom is -0.349 e. The lowest BCUT2D eigenvalue weighted by atomic mass is 10.4. The molecule has 0 aromatic rings. The van der Waals surface area contributed by atoms with Gasteiger partial charge in [-0.05, 0) is 27.7 Å². The van der Waals surface area contributed by atoms with Crippen LogP contribution in [0.5, 0.6) is 0 Å². The van der Waals surface area contributed by atoms with E-state index >= 15 is 0 Å². The lowest BCUT2D eigenvalue weighted by Gasteiger charge is -2.20. The van der Waals surface area contributed by atoms with Gasteiger partial charge < -0.3 is 9.47 Å². The second-order valence-electron chi connectivity index (χ2n) is 2.95. The Hall–Kier alpha value is 0.400. The van der Waals surface area contributed by atoms with Gasteiger partial charge in [-0.1, -0.05) is 15.9 Å². The molecule has 0 atom stereocenters. The van der Waals surface area contributed by atoms with Crippen LogP contribution in [0.4, 0.5) is 0 Å².